The molecule has 9 nitrogen and oxygen atoms in total. The number of halogens is 1. The first-order chi connectivity index (χ1) is 13.2. The highest BCUT2D eigenvalue weighted by Crippen LogP contribution is 2.34. The first kappa shape index (κ1) is 20.5. The predicted octanol–water partition coefficient (Wildman–Crippen LogP) is 3.19. The van der Waals surface area contributed by atoms with Gasteiger partial charge in [-0.05, 0) is 54.0 Å². The Morgan fingerprint density at radius 2 is 1.96 bits per heavy atom. The van der Waals surface area contributed by atoms with E-state index in [4.69, 9.17) is 4.74 Å². The molecule has 3 N–H and O–H groups in total. The van der Waals surface area contributed by atoms with Gasteiger partial charge in [-0.25, -0.2) is 23.1 Å². The number of H-pyrrole nitrogens is 1. The van der Waals surface area contributed by atoms with Gasteiger partial charge in [-0.2, -0.15) is 5.10 Å². The number of ether oxygens (including phenoxy) is 1. The van der Waals surface area contributed by atoms with E-state index < -0.39 is 10.0 Å². The summed E-state index contributed by atoms with van der Waals surface area (Å²) in [4.78, 5) is 8.49. The molecule has 2 heterocycles. The monoisotopic (exact) mass is 468 g/mol. The molecule has 0 spiro atoms. The second-order valence-electron chi connectivity index (χ2n) is 6.52. The van der Waals surface area contributed by atoms with Crippen molar-refractivity contribution in [3.63, 3.8) is 0 Å². The molecule has 1 atom stereocenters. The van der Waals surface area contributed by atoms with Gasteiger partial charge in [0.2, 0.25) is 10.0 Å². The van der Waals surface area contributed by atoms with Crippen molar-refractivity contribution in [2.24, 2.45) is 5.92 Å². The predicted molar refractivity (Wildman–Crippen MR) is 110 cm³/mol. The van der Waals surface area contributed by atoms with E-state index in [2.05, 4.69) is 46.1 Å². The molecule has 0 fully saturated rings. The van der Waals surface area contributed by atoms with Crippen LogP contribution < -0.4 is 14.8 Å². The number of nitrogens with zero attached hydrogens (tertiary/aromatic N) is 3. The normalized spacial score (nSPS) is 13.1. The summed E-state index contributed by atoms with van der Waals surface area (Å²) in [5.74, 6) is 1.26. The van der Waals surface area contributed by atoms with Gasteiger partial charge in [-0.1, -0.05) is 13.8 Å². The van der Waals surface area contributed by atoms with E-state index in [0.29, 0.717) is 32.9 Å². The van der Waals surface area contributed by atoms with Crippen LogP contribution in [-0.4, -0.2) is 41.7 Å². The highest BCUT2D eigenvalue weighted by molar-refractivity contribution is 9.10. The van der Waals surface area contributed by atoms with Crippen molar-refractivity contribution in [3.8, 4) is 5.75 Å². The summed E-state index contributed by atoms with van der Waals surface area (Å²) in [5.41, 5.74) is 0.943. The molecule has 0 saturated heterocycles. The highest BCUT2D eigenvalue weighted by Gasteiger charge is 2.19. The summed E-state index contributed by atoms with van der Waals surface area (Å²) >= 11 is 3.39. The summed E-state index contributed by atoms with van der Waals surface area (Å²) in [6.07, 6.45) is 1.31. The zero-order chi connectivity index (χ0) is 20.5. The third kappa shape index (κ3) is 4.10. The SMILES string of the molecule is CNS(=O)(=O)c1ccc(OC(C)C(C)C)c(Nc2ncnc3n[nH]c(Br)c23)c1. The fraction of sp³-hybridized carbons (Fsp3) is 0.353. The van der Waals surface area contributed by atoms with Gasteiger partial charge in [0.1, 0.15) is 22.5 Å². The zero-order valence-electron chi connectivity index (χ0n) is 15.8. The van der Waals surface area contributed by atoms with Crippen LogP contribution in [0.25, 0.3) is 11.0 Å². The molecule has 28 heavy (non-hydrogen) atoms. The van der Waals surface area contributed by atoms with Crippen LogP contribution in [0, 0.1) is 5.92 Å². The lowest BCUT2D eigenvalue weighted by Gasteiger charge is -2.21. The molecule has 0 amide bonds. The van der Waals surface area contributed by atoms with Crippen molar-refractivity contribution in [1.82, 2.24) is 24.9 Å². The van der Waals surface area contributed by atoms with E-state index in [0.717, 1.165) is 0 Å². The van der Waals surface area contributed by atoms with Crippen LogP contribution in [-0.2, 0) is 10.0 Å². The molecule has 1 unspecified atom stereocenters. The standard InChI is InChI=1S/C17H21BrN6O3S/c1-9(2)10(3)27-13-6-5-11(28(25,26)19-4)7-12(13)22-16-14-15(18)23-24-17(14)21-8-20-16/h5-10,19H,1-4H3,(H2,20,21,22,23,24). The number of hydrogen-bond acceptors (Lipinski definition) is 7. The number of nitrogens with one attached hydrogen (secondary N) is 3. The molecule has 1 aromatic carbocycles. The summed E-state index contributed by atoms with van der Waals surface area (Å²) in [7, 11) is -2.26. The molecule has 0 aliphatic carbocycles. The van der Waals surface area contributed by atoms with Crippen LogP contribution in [0.15, 0.2) is 34.0 Å². The lowest BCUT2D eigenvalue weighted by molar-refractivity contribution is 0.171. The maximum absolute atomic E-state index is 12.2. The van der Waals surface area contributed by atoms with Crippen LogP contribution in [0.5, 0.6) is 5.75 Å². The molecule has 0 aliphatic heterocycles. The number of anilines is 2. The second kappa shape index (κ2) is 8.02. The summed E-state index contributed by atoms with van der Waals surface area (Å²) in [6.45, 7) is 6.06. The molecule has 3 rings (SSSR count). The minimum atomic E-state index is -3.62. The summed E-state index contributed by atoms with van der Waals surface area (Å²) in [6, 6.07) is 4.65. The second-order valence-corrected chi connectivity index (χ2v) is 9.20. The van der Waals surface area contributed by atoms with Crippen molar-refractivity contribution in [3.05, 3.63) is 29.1 Å². The zero-order valence-corrected chi connectivity index (χ0v) is 18.2. The number of hydrogen-bond donors (Lipinski definition) is 3. The average molecular weight is 469 g/mol. The van der Waals surface area contributed by atoms with Gasteiger partial charge in [-0.15, -0.1) is 0 Å². The molecule has 11 heteroatoms. The van der Waals surface area contributed by atoms with Crippen molar-refractivity contribution < 1.29 is 13.2 Å². The van der Waals surface area contributed by atoms with E-state index in [-0.39, 0.29) is 16.9 Å². The van der Waals surface area contributed by atoms with Gasteiger partial charge in [0.05, 0.1) is 22.1 Å². The number of sulfonamides is 1. The van der Waals surface area contributed by atoms with Crippen molar-refractivity contribution in [1.29, 1.82) is 0 Å². The topological polar surface area (TPSA) is 122 Å². The van der Waals surface area contributed by atoms with E-state index in [1.165, 1.54) is 25.5 Å². The van der Waals surface area contributed by atoms with E-state index in [9.17, 15) is 8.42 Å². The van der Waals surface area contributed by atoms with Gasteiger partial charge >= 0.3 is 0 Å². The molecular weight excluding hydrogens is 448 g/mol. The van der Waals surface area contributed by atoms with Crippen LogP contribution >= 0.6 is 15.9 Å². The number of benzene rings is 1. The Labute approximate surface area is 171 Å². The van der Waals surface area contributed by atoms with Gasteiger partial charge in [0.25, 0.3) is 0 Å². The number of rotatable bonds is 7. The Morgan fingerprint density at radius 3 is 2.64 bits per heavy atom. The quantitative estimate of drug-likeness (QED) is 0.486. The van der Waals surface area contributed by atoms with Crippen molar-refractivity contribution >= 4 is 48.5 Å². The molecule has 150 valence electrons. The van der Waals surface area contributed by atoms with E-state index in [1.807, 2.05) is 20.8 Å². The summed E-state index contributed by atoms with van der Waals surface area (Å²) < 4.78 is 33.5. The van der Waals surface area contributed by atoms with Crippen LogP contribution in [0.2, 0.25) is 0 Å². The molecule has 0 saturated carbocycles. The minimum Gasteiger partial charge on any atom is -0.488 e. The van der Waals surface area contributed by atoms with Crippen LogP contribution in [0.3, 0.4) is 0 Å². The smallest absolute Gasteiger partial charge is 0.240 e. The maximum Gasteiger partial charge on any atom is 0.240 e. The Kier molecular flexibility index (Phi) is 5.87. The number of fused-ring (bicyclic) bond motifs is 1. The van der Waals surface area contributed by atoms with Gasteiger partial charge < -0.3 is 10.1 Å². The summed E-state index contributed by atoms with van der Waals surface area (Å²) in [5, 5.41) is 10.7. The van der Waals surface area contributed by atoms with Crippen molar-refractivity contribution in [2.75, 3.05) is 12.4 Å². The first-order valence-electron chi connectivity index (χ1n) is 8.58. The van der Waals surface area contributed by atoms with Crippen molar-refractivity contribution in [2.45, 2.75) is 31.8 Å². The van der Waals surface area contributed by atoms with E-state index in [1.54, 1.807) is 6.07 Å². The third-order valence-electron chi connectivity index (χ3n) is 4.34. The van der Waals surface area contributed by atoms with E-state index >= 15 is 0 Å². The fourth-order valence-corrected chi connectivity index (χ4v) is 3.58. The molecule has 0 aliphatic rings. The van der Waals surface area contributed by atoms with Gasteiger partial charge in [0, 0.05) is 0 Å². The lowest BCUT2D eigenvalue weighted by atomic mass is 10.1. The molecular formula is C17H21BrN6O3S. The van der Waals surface area contributed by atoms with Crippen LogP contribution in [0.1, 0.15) is 20.8 Å². The lowest BCUT2D eigenvalue weighted by Crippen LogP contribution is -2.20. The fourth-order valence-electron chi connectivity index (χ4n) is 2.37. The Hall–Kier alpha value is -2.24. The van der Waals surface area contributed by atoms with Gasteiger partial charge in [0.15, 0.2) is 5.65 Å². The first-order valence-corrected chi connectivity index (χ1v) is 10.9. The van der Waals surface area contributed by atoms with Gasteiger partial charge in [-0.3, -0.25) is 5.10 Å². The van der Waals surface area contributed by atoms with Crippen LogP contribution in [0.4, 0.5) is 11.5 Å². The third-order valence-corrected chi connectivity index (χ3v) is 6.33. The molecule has 0 radical (unpaired) electrons. The Bertz CT molecular complexity index is 1100. The number of aromatic nitrogens is 4. The molecule has 2 aromatic heterocycles. The molecule has 3 aromatic rings. The average Bonchev–Trinajstić information content (AvgIpc) is 3.05. The number of aromatic amines is 1. The minimum absolute atomic E-state index is 0.0709. The largest absolute Gasteiger partial charge is 0.488 e. The molecule has 0 bridgehead atoms. The maximum atomic E-state index is 12.2. The Balaban J connectivity index is 2.09. The Morgan fingerprint density at radius 1 is 1.21 bits per heavy atom. The highest BCUT2D eigenvalue weighted by atomic mass is 79.9.